The Morgan fingerprint density at radius 2 is 2.16 bits per heavy atom. The van der Waals surface area contributed by atoms with Crippen molar-refractivity contribution >= 4 is 11.8 Å². The van der Waals surface area contributed by atoms with E-state index in [-0.39, 0.29) is 23.3 Å². The number of hydrogen-bond donors (Lipinski definition) is 1. The Morgan fingerprint density at radius 1 is 1.36 bits per heavy atom. The van der Waals surface area contributed by atoms with Crippen LogP contribution in [0, 0.1) is 6.92 Å². The summed E-state index contributed by atoms with van der Waals surface area (Å²) < 4.78 is 5.24. The number of nitrogens with one attached hydrogen (secondary N) is 1. The first-order chi connectivity index (χ1) is 12.1. The van der Waals surface area contributed by atoms with Crippen molar-refractivity contribution in [2.45, 2.75) is 37.6 Å². The molecule has 0 aliphatic carbocycles. The van der Waals surface area contributed by atoms with Crippen LogP contribution in [-0.2, 0) is 4.79 Å². The van der Waals surface area contributed by atoms with E-state index in [9.17, 15) is 9.59 Å². The van der Waals surface area contributed by atoms with Gasteiger partial charge < -0.3 is 14.6 Å². The molecular weight excluding hydrogens is 318 g/mol. The molecule has 2 amide bonds. The van der Waals surface area contributed by atoms with E-state index in [2.05, 4.69) is 10.3 Å². The largest absolute Gasteiger partial charge is 0.469 e. The van der Waals surface area contributed by atoms with Gasteiger partial charge in [-0.1, -0.05) is 6.07 Å². The third-order valence-corrected chi connectivity index (χ3v) is 5.48. The van der Waals surface area contributed by atoms with Crippen LogP contribution in [0.4, 0.5) is 0 Å². The number of aryl methyl sites for hydroxylation is 1. The van der Waals surface area contributed by atoms with E-state index in [0.29, 0.717) is 24.4 Å². The molecule has 25 heavy (non-hydrogen) atoms. The number of hydrogen-bond acceptors (Lipinski definition) is 4. The van der Waals surface area contributed by atoms with Gasteiger partial charge in [-0.25, -0.2) is 0 Å². The summed E-state index contributed by atoms with van der Waals surface area (Å²) in [4.78, 5) is 31.0. The van der Waals surface area contributed by atoms with Gasteiger partial charge in [-0.2, -0.15) is 0 Å². The molecule has 2 aromatic heterocycles. The highest BCUT2D eigenvalue weighted by atomic mass is 16.3. The summed E-state index contributed by atoms with van der Waals surface area (Å²) >= 11 is 0. The minimum atomic E-state index is -0.209. The molecule has 2 aliphatic rings. The Hall–Kier alpha value is -2.63. The van der Waals surface area contributed by atoms with Crippen LogP contribution in [0.25, 0.3) is 0 Å². The molecule has 1 unspecified atom stereocenters. The molecule has 0 bridgehead atoms. The number of rotatable bonds is 2. The van der Waals surface area contributed by atoms with Gasteiger partial charge in [0.2, 0.25) is 5.91 Å². The van der Waals surface area contributed by atoms with Crippen molar-refractivity contribution in [3.63, 3.8) is 0 Å². The molecule has 2 aliphatic heterocycles. The Morgan fingerprint density at radius 3 is 2.80 bits per heavy atom. The highest BCUT2D eigenvalue weighted by Crippen LogP contribution is 2.39. The van der Waals surface area contributed by atoms with Gasteiger partial charge >= 0.3 is 0 Å². The van der Waals surface area contributed by atoms with Gasteiger partial charge in [-0.3, -0.25) is 14.6 Å². The van der Waals surface area contributed by atoms with E-state index in [1.165, 1.54) is 0 Å². The highest BCUT2D eigenvalue weighted by Gasteiger charge is 2.46. The van der Waals surface area contributed by atoms with Crippen LogP contribution in [0.1, 0.15) is 46.9 Å². The number of likely N-dealkylation sites (tertiary alicyclic amines) is 1. The molecule has 1 spiro atoms. The maximum Gasteiger partial charge on any atom is 0.257 e. The van der Waals surface area contributed by atoms with Gasteiger partial charge in [0.05, 0.1) is 17.7 Å². The third kappa shape index (κ3) is 2.81. The van der Waals surface area contributed by atoms with Crippen LogP contribution in [0.15, 0.2) is 41.3 Å². The van der Waals surface area contributed by atoms with Crippen LogP contribution in [0.3, 0.4) is 0 Å². The predicted octanol–water partition coefficient (Wildman–Crippen LogP) is 2.26. The average Bonchev–Trinajstić information content (AvgIpc) is 3.19. The zero-order valence-electron chi connectivity index (χ0n) is 14.2. The Kier molecular flexibility index (Phi) is 3.82. The number of nitrogens with zero attached hydrogens (tertiary/aromatic N) is 2. The summed E-state index contributed by atoms with van der Waals surface area (Å²) in [5, 5.41) is 3.20. The van der Waals surface area contributed by atoms with E-state index in [1.807, 2.05) is 17.0 Å². The number of carbonyl (C=O) groups is 2. The van der Waals surface area contributed by atoms with E-state index in [4.69, 9.17) is 4.42 Å². The molecule has 6 nitrogen and oxygen atoms in total. The van der Waals surface area contributed by atoms with Crippen molar-refractivity contribution in [2.75, 3.05) is 13.1 Å². The van der Waals surface area contributed by atoms with Crippen LogP contribution < -0.4 is 5.32 Å². The minimum Gasteiger partial charge on any atom is -0.469 e. The van der Waals surface area contributed by atoms with Crippen molar-refractivity contribution in [3.8, 4) is 0 Å². The molecule has 130 valence electrons. The van der Waals surface area contributed by atoms with Crippen LogP contribution in [-0.4, -0.2) is 40.3 Å². The maximum absolute atomic E-state index is 12.6. The summed E-state index contributed by atoms with van der Waals surface area (Å²) in [6.07, 6.45) is 7.35. The van der Waals surface area contributed by atoms with Gasteiger partial charge in [-0.15, -0.1) is 0 Å². The monoisotopic (exact) mass is 339 g/mol. The zero-order valence-corrected chi connectivity index (χ0v) is 14.2. The first kappa shape index (κ1) is 15.9. The van der Waals surface area contributed by atoms with Gasteiger partial charge in [0.1, 0.15) is 5.76 Å². The summed E-state index contributed by atoms with van der Waals surface area (Å²) in [6.45, 7) is 3.08. The van der Waals surface area contributed by atoms with Crippen molar-refractivity contribution < 1.29 is 14.0 Å². The molecule has 2 saturated heterocycles. The lowest BCUT2D eigenvalue weighted by atomic mass is 9.82. The first-order valence-electron chi connectivity index (χ1n) is 8.63. The second-order valence-electron chi connectivity index (χ2n) is 7.00. The van der Waals surface area contributed by atoms with Crippen molar-refractivity contribution in [2.24, 2.45) is 0 Å². The third-order valence-electron chi connectivity index (χ3n) is 5.48. The fourth-order valence-corrected chi connectivity index (χ4v) is 3.98. The molecule has 0 radical (unpaired) electrons. The normalized spacial score (nSPS) is 22.2. The summed E-state index contributed by atoms with van der Waals surface area (Å²) in [6, 6.07) is 5.54. The molecule has 1 atom stereocenters. The van der Waals surface area contributed by atoms with E-state index < -0.39 is 0 Å². The maximum atomic E-state index is 12.6. The molecule has 2 fully saturated rings. The topological polar surface area (TPSA) is 75.4 Å². The van der Waals surface area contributed by atoms with E-state index in [0.717, 1.165) is 24.8 Å². The van der Waals surface area contributed by atoms with Crippen molar-refractivity contribution in [1.82, 2.24) is 15.2 Å². The van der Waals surface area contributed by atoms with Gasteiger partial charge in [0.25, 0.3) is 5.91 Å². The van der Waals surface area contributed by atoms with E-state index >= 15 is 0 Å². The lowest BCUT2D eigenvalue weighted by molar-refractivity contribution is -0.121. The summed E-state index contributed by atoms with van der Waals surface area (Å²) in [5.41, 5.74) is 1.38. The Bertz CT molecular complexity index is 791. The smallest absolute Gasteiger partial charge is 0.257 e. The fraction of sp³-hybridized carbons (Fsp3) is 0.421. The summed E-state index contributed by atoms with van der Waals surface area (Å²) in [7, 11) is 0. The number of piperidine rings is 1. The zero-order chi connectivity index (χ0) is 17.4. The number of carbonyl (C=O) groups excluding carboxylic acids is 2. The highest BCUT2D eigenvalue weighted by molar-refractivity contribution is 5.95. The number of furan rings is 1. The van der Waals surface area contributed by atoms with Gasteiger partial charge in [-0.05, 0) is 43.9 Å². The lowest BCUT2D eigenvalue weighted by Crippen LogP contribution is -2.52. The molecule has 0 aromatic carbocycles. The second-order valence-corrected chi connectivity index (χ2v) is 7.00. The average molecular weight is 339 g/mol. The minimum absolute atomic E-state index is 0.00855. The molecule has 0 saturated carbocycles. The number of pyridine rings is 1. The van der Waals surface area contributed by atoms with Crippen LogP contribution >= 0.6 is 0 Å². The standard InChI is InChI=1S/C19H21N3O3/c1-13-15(4-10-25-13)18(24)22-8-5-19(6-9-22)11-16(17(23)21-19)14-3-2-7-20-12-14/h2-4,7,10,12,16H,5-6,8-9,11H2,1H3,(H,21,23). The quantitative estimate of drug-likeness (QED) is 0.911. The molecule has 4 heterocycles. The SMILES string of the molecule is Cc1occc1C(=O)N1CCC2(CC1)CC(c1cccnc1)C(=O)N2. The second kappa shape index (κ2) is 6.02. The number of aromatic nitrogens is 1. The molecule has 1 N–H and O–H groups in total. The Balaban J connectivity index is 1.44. The first-order valence-corrected chi connectivity index (χ1v) is 8.63. The lowest BCUT2D eigenvalue weighted by Gasteiger charge is -2.39. The fourth-order valence-electron chi connectivity index (χ4n) is 3.98. The van der Waals surface area contributed by atoms with Gasteiger partial charge in [0.15, 0.2) is 0 Å². The van der Waals surface area contributed by atoms with Crippen molar-refractivity contribution in [3.05, 3.63) is 53.7 Å². The predicted molar refractivity (Wildman–Crippen MR) is 91.1 cm³/mol. The van der Waals surface area contributed by atoms with E-state index in [1.54, 1.807) is 31.6 Å². The van der Waals surface area contributed by atoms with Crippen molar-refractivity contribution in [1.29, 1.82) is 0 Å². The van der Waals surface area contributed by atoms with Crippen LogP contribution in [0.5, 0.6) is 0 Å². The summed E-state index contributed by atoms with van der Waals surface area (Å²) in [5.74, 6) is 0.579. The van der Waals surface area contributed by atoms with Gasteiger partial charge in [0, 0.05) is 31.0 Å². The Labute approximate surface area is 146 Å². The number of amides is 2. The molecule has 4 rings (SSSR count). The molecular formula is C19H21N3O3. The molecule has 2 aromatic rings. The molecule has 6 heteroatoms. The van der Waals surface area contributed by atoms with Crippen LogP contribution in [0.2, 0.25) is 0 Å².